The lowest BCUT2D eigenvalue weighted by Crippen LogP contribution is -2.27. The molecule has 164 valence electrons. The second-order valence-electron chi connectivity index (χ2n) is 6.86. The molecule has 0 saturated carbocycles. The molecule has 2 aromatic carbocycles. The van der Waals surface area contributed by atoms with E-state index >= 15 is 0 Å². The number of nitrogens with one attached hydrogen (secondary N) is 1. The van der Waals surface area contributed by atoms with Gasteiger partial charge in [0.05, 0.1) is 12.0 Å². The average Bonchev–Trinajstić information content (AvgIpc) is 3.43. The highest BCUT2D eigenvalue weighted by molar-refractivity contribution is 5.93. The molecule has 0 aliphatic heterocycles. The molecule has 1 N–H and O–H groups in total. The van der Waals surface area contributed by atoms with Crippen molar-refractivity contribution >= 4 is 5.91 Å². The summed E-state index contributed by atoms with van der Waals surface area (Å²) in [6, 6.07) is 11.4. The molecule has 0 radical (unpaired) electrons. The molecule has 0 saturated heterocycles. The molecule has 4 aromatic rings. The van der Waals surface area contributed by atoms with Crippen LogP contribution in [0, 0.1) is 5.82 Å². The van der Waals surface area contributed by atoms with Crippen LogP contribution in [-0.2, 0) is 19.3 Å². The predicted octanol–water partition coefficient (Wildman–Crippen LogP) is 3.60. The summed E-state index contributed by atoms with van der Waals surface area (Å²) in [6.07, 6.45) is 0.134. The van der Waals surface area contributed by atoms with Crippen LogP contribution in [0.2, 0.25) is 0 Å². The smallest absolute Gasteiger partial charge is 0.346 e. The third kappa shape index (κ3) is 4.51. The maximum atomic E-state index is 13.7. The van der Waals surface area contributed by atoms with Gasteiger partial charge in [-0.2, -0.15) is 13.2 Å². The molecule has 0 fully saturated rings. The van der Waals surface area contributed by atoms with Gasteiger partial charge >= 0.3 is 6.18 Å². The highest BCUT2D eigenvalue weighted by atomic mass is 19.4. The Balaban J connectivity index is 1.58. The van der Waals surface area contributed by atoms with E-state index in [1.54, 1.807) is 30.9 Å². The number of imidazole rings is 1. The summed E-state index contributed by atoms with van der Waals surface area (Å²) in [6.45, 7) is 0.477. The molecular formula is C21H16F4N6O. The molecule has 4 rings (SSSR count). The maximum Gasteiger partial charge on any atom is 0.435 e. The third-order valence-electron chi connectivity index (χ3n) is 4.69. The fourth-order valence-electron chi connectivity index (χ4n) is 3.17. The summed E-state index contributed by atoms with van der Waals surface area (Å²) in [7, 11) is 0. The second kappa shape index (κ2) is 8.61. The minimum Gasteiger partial charge on any atom is -0.346 e. The van der Waals surface area contributed by atoms with Crippen LogP contribution in [-0.4, -0.2) is 30.5 Å². The van der Waals surface area contributed by atoms with Crippen molar-refractivity contribution in [1.29, 1.82) is 0 Å². The maximum absolute atomic E-state index is 13.7. The lowest BCUT2D eigenvalue weighted by molar-refractivity contribution is -0.143. The van der Waals surface area contributed by atoms with Crippen molar-refractivity contribution in [2.45, 2.75) is 19.3 Å². The Morgan fingerprint density at radius 2 is 1.75 bits per heavy atom. The van der Waals surface area contributed by atoms with Crippen molar-refractivity contribution in [3.63, 3.8) is 0 Å². The molecule has 11 heteroatoms. The Morgan fingerprint density at radius 3 is 2.41 bits per heavy atom. The van der Waals surface area contributed by atoms with E-state index in [9.17, 15) is 22.4 Å². The van der Waals surface area contributed by atoms with Crippen LogP contribution >= 0.6 is 0 Å². The zero-order chi connectivity index (χ0) is 22.7. The number of carbonyl (C=O) groups is 1. The zero-order valence-electron chi connectivity index (χ0n) is 16.4. The Labute approximate surface area is 179 Å². The molecule has 0 unspecified atom stereocenters. The first-order chi connectivity index (χ1) is 15.3. The van der Waals surface area contributed by atoms with E-state index in [1.165, 1.54) is 0 Å². The summed E-state index contributed by atoms with van der Waals surface area (Å²) in [4.78, 5) is 16.6. The van der Waals surface area contributed by atoms with Gasteiger partial charge in [-0.3, -0.25) is 4.79 Å². The van der Waals surface area contributed by atoms with Gasteiger partial charge in [-0.1, -0.05) is 29.5 Å². The second-order valence-corrected chi connectivity index (χ2v) is 6.86. The monoisotopic (exact) mass is 444 g/mol. The molecule has 32 heavy (non-hydrogen) atoms. The third-order valence-corrected chi connectivity index (χ3v) is 4.69. The van der Waals surface area contributed by atoms with Crippen LogP contribution in [0.1, 0.15) is 27.3 Å². The minimum absolute atomic E-state index is 0.00951. The summed E-state index contributed by atoms with van der Waals surface area (Å²) in [5, 5.41) is 9.41. The van der Waals surface area contributed by atoms with Gasteiger partial charge < -0.3 is 9.88 Å². The van der Waals surface area contributed by atoms with Crippen molar-refractivity contribution in [2.24, 2.45) is 0 Å². The van der Waals surface area contributed by atoms with E-state index < -0.39 is 29.3 Å². The minimum atomic E-state index is -4.91. The number of carbonyl (C=O) groups excluding carboxylic acids is 1. The Bertz CT molecular complexity index is 1220. The van der Waals surface area contributed by atoms with Crippen molar-refractivity contribution < 1.29 is 22.4 Å². The number of hydrogen-bond donors (Lipinski definition) is 1. The van der Waals surface area contributed by atoms with Gasteiger partial charge in [0.15, 0.2) is 11.4 Å². The quantitative estimate of drug-likeness (QED) is 0.461. The van der Waals surface area contributed by atoms with E-state index in [4.69, 9.17) is 0 Å². The van der Waals surface area contributed by atoms with Gasteiger partial charge in [0, 0.05) is 25.5 Å². The summed E-state index contributed by atoms with van der Waals surface area (Å²) < 4.78 is 56.7. The summed E-state index contributed by atoms with van der Waals surface area (Å²) in [5.41, 5.74) is -0.677. The summed E-state index contributed by atoms with van der Waals surface area (Å²) in [5.74, 6) is -1.64. The Morgan fingerprint density at radius 1 is 1.03 bits per heavy atom. The SMILES string of the molecule is O=C(NCc1ccccc1Cn1ccnc1)c1nnn(-c2ccc(F)cc2)c1C(F)(F)F. The number of hydrogen-bond acceptors (Lipinski definition) is 4. The van der Waals surface area contributed by atoms with Crippen molar-refractivity contribution in [2.75, 3.05) is 0 Å². The number of alkyl halides is 3. The standard InChI is InChI=1S/C21H16F4N6O/c22-16-5-7-17(8-6-16)31-19(21(23,24)25)18(28-29-31)20(32)27-11-14-3-1-2-4-15(14)12-30-10-9-26-13-30/h1-10,13H,11-12H2,(H,27,32). The number of amides is 1. The lowest BCUT2D eigenvalue weighted by Gasteiger charge is -2.13. The molecule has 1 amide bonds. The van der Waals surface area contributed by atoms with Crippen LogP contribution in [0.3, 0.4) is 0 Å². The molecule has 0 atom stereocenters. The Hall–Kier alpha value is -4.02. The molecule has 0 aliphatic carbocycles. The summed E-state index contributed by atoms with van der Waals surface area (Å²) >= 11 is 0. The number of benzene rings is 2. The molecule has 0 bridgehead atoms. The topological polar surface area (TPSA) is 77.6 Å². The van der Waals surface area contributed by atoms with Gasteiger partial charge in [0.25, 0.3) is 5.91 Å². The fraction of sp³-hybridized carbons (Fsp3) is 0.143. The van der Waals surface area contributed by atoms with Crippen LogP contribution in [0.25, 0.3) is 5.69 Å². The Kier molecular flexibility index (Phi) is 5.71. The average molecular weight is 444 g/mol. The van der Waals surface area contributed by atoms with E-state index in [2.05, 4.69) is 20.6 Å². The first-order valence-corrected chi connectivity index (χ1v) is 9.42. The van der Waals surface area contributed by atoms with Gasteiger partial charge in [-0.15, -0.1) is 5.10 Å². The van der Waals surface area contributed by atoms with E-state index in [0.29, 0.717) is 11.2 Å². The highest BCUT2D eigenvalue weighted by Crippen LogP contribution is 2.32. The van der Waals surface area contributed by atoms with Crippen LogP contribution in [0.5, 0.6) is 0 Å². The first-order valence-electron chi connectivity index (χ1n) is 9.42. The zero-order valence-corrected chi connectivity index (χ0v) is 16.4. The van der Waals surface area contributed by atoms with Gasteiger partial charge in [-0.05, 0) is 35.4 Å². The predicted molar refractivity (Wildman–Crippen MR) is 105 cm³/mol. The fourth-order valence-corrected chi connectivity index (χ4v) is 3.17. The number of halogens is 4. The van der Waals surface area contributed by atoms with Gasteiger partial charge in [-0.25, -0.2) is 14.1 Å². The van der Waals surface area contributed by atoms with Gasteiger partial charge in [0.2, 0.25) is 0 Å². The van der Waals surface area contributed by atoms with Crippen LogP contribution in [0.4, 0.5) is 17.6 Å². The molecule has 2 heterocycles. The van der Waals surface area contributed by atoms with Gasteiger partial charge in [0.1, 0.15) is 5.82 Å². The van der Waals surface area contributed by atoms with Crippen molar-refractivity contribution in [1.82, 2.24) is 29.9 Å². The molecule has 2 aromatic heterocycles. The molecule has 0 spiro atoms. The van der Waals surface area contributed by atoms with Crippen LogP contribution in [0.15, 0.2) is 67.3 Å². The van der Waals surface area contributed by atoms with Crippen molar-refractivity contribution in [3.05, 3.63) is 95.6 Å². The molecular weight excluding hydrogens is 428 g/mol. The molecule has 7 nitrogen and oxygen atoms in total. The van der Waals surface area contributed by atoms with E-state index in [0.717, 1.165) is 35.4 Å². The first kappa shape index (κ1) is 21.2. The number of rotatable bonds is 6. The largest absolute Gasteiger partial charge is 0.435 e. The lowest BCUT2D eigenvalue weighted by atomic mass is 10.1. The normalized spacial score (nSPS) is 11.5. The van der Waals surface area contributed by atoms with E-state index in [1.807, 2.05) is 16.7 Å². The van der Waals surface area contributed by atoms with Crippen LogP contribution < -0.4 is 5.32 Å². The molecule has 0 aliphatic rings. The van der Waals surface area contributed by atoms with Crippen molar-refractivity contribution in [3.8, 4) is 5.69 Å². The van der Waals surface area contributed by atoms with E-state index in [-0.39, 0.29) is 12.2 Å². The number of nitrogens with zero attached hydrogens (tertiary/aromatic N) is 5. The number of aromatic nitrogens is 5. The highest BCUT2D eigenvalue weighted by Gasteiger charge is 2.42.